The lowest BCUT2D eigenvalue weighted by atomic mass is 9.71. The molecule has 0 spiro atoms. The Morgan fingerprint density at radius 1 is 1.58 bits per heavy atom. The molecule has 0 aliphatic heterocycles. The standard InChI is InChI=1S/C10H17NO/c1-2-10(9(11)12)6-7-3-4-8(10)5-7/h7-8H,2-6H2,1H3,(H2,11,12)/t7?,8?,10-/m1/s1. The summed E-state index contributed by atoms with van der Waals surface area (Å²) in [6, 6.07) is 0. The third-order valence-corrected chi connectivity index (χ3v) is 4.10. The van der Waals surface area contributed by atoms with Crippen LogP contribution in [-0.2, 0) is 4.79 Å². The summed E-state index contributed by atoms with van der Waals surface area (Å²) >= 11 is 0. The lowest BCUT2D eigenvalue weighted by Crippen LogP contribution is -2.40. The van der Waals surface area contributed by atoms with Gasteiger partial charge in [0.1, 0.15) is 0 Å². The first-order valence-electron chi connectivity index (χ1n) is 4.99. The van der Waals surface area contributed by atoms with E-state index < -0.39 is 0 Å². The molecule has 2 aliphatic carbocycles. The maximum Gasteiger partial charge on any atom is 0.223 e. The Morgan fingerprint density at radius 2 is 2.33 bits per heavy atom. The van der Waals surface area contributed by atoms with Gasteiger partial charge in [0.25, 0.3) is 0 Å². The van der Waals surface area contributed by atoms with Gasteiger partial charge in [-0.2, -0.15) is 0 Å². The van der Waals surface area contributed by atoms with E-state index in [1.807, 2.05) is 0 Å². The van der Waals surface area contributed by atoms with Crippen LogP contribution in [0.15, 0.2) is 0 Å². The normalized spacial score (nSPS) is 45.1. The highest BCUT2D eigenvalue weighted by molar-refractivity contribution is 5.81. The minimum atomic E-state index is -0.108. The van der Waals surface area contributed by atoms with Crippen LogP contribution >= 0.6 is 0 Å². The maximum atomic E-state index is 11.4. The van der Waals surface area contributed by atoms with Gasteiger partial charge in [-0.15, -0.1) is 0 Å². The van der Waals surface area contributed by atoms with Crippen LogP contribution in [0.4, 0.5) is 0 Å². The fourth-order valence-corrected chi connectivity index (χ4v) is 3.35. The van der Waals surface area contributed by atoms with Crippen molar-refractivity contribution in [3.05, 3.63) is 0 Å². The van der Waals surface area contributed by atoms with E-state index in [0.29, 0.717) is 5.92 Å². The maximum absolute atomic E-state index is 11.4. The molecule has 0 radical (unpaired) electrons. The second-order valence-corrected chi connectivity index (χ2v) is 4.45. The van der Waals surface area contributed by atoms with Crippen molar-refractivity contribution in [3.8, 4) is 0 Å². The van der Waals surface area contributed by atoms with Crippen LogP contribution in [0.1, 0.15) is 39.0 Å². The van der Waals surface area contributed by atoms with Gasteiger partial charge in [-0.1, -0.05) is 13.3 Å². The molecule has 0 aromatic rings. The van der Waals surface area contributed by atoms with Gasteiger partial charge in [-0.25, -0.2) is 0 Å². The highest BCUT2D eigenvalue weighted by Gasteiger charge is 2.53. The number of fused-ring (bicyclic) bond motifs is 2. The van der Waals surface area contributed by atoms with Gasteiger partial charge >= 0.3 is 0 Å². The van der Waals surface area contributed by atoms with Gasteiger partial charge in [0.15, 0.2) is 0 Å². The molecule has 2 N–H and O–H groups in total. The molecule has 2 rings (SSSR count). The molecule has 2 bridgehead atoms. The Bertz CT molecular complexity index is 214. The molecule has 12 heavy (non-hydrogen) atoms. The molecule has 0 aromatic heterocycles. The first-order chi connectivity index (χ1) is 5.69. The van der Waals surface area contributed by atoms with Crippen LogP contribution < -0.4 is 5.73 Å². The molecule has 0 aromatic carbocycles. The van der Waals surface area contributed by atoms with Crippen LogP contribution in [0.5, 0.6) is 0 Å². The topological polar surface area (TPSA) is 43.1 Å². The lowest BCUT2D eigenvalue weighted by Gasteiger charge is -2.33. The van der Waals surface area contributed by atoms with E-state index in [-0.39, 0.29) is 11.3 Å². The molecule has 68 valence electrons. The highest BCUT2D eigenvalue weighted by atomic mass is 16.1. The van der Waals surface area contributed by atoms with Crippen molar-refractivity contribution in [2.75, 3.05) is 0 Å². The Labute approximate surface area is 73.5 Å². The predicted octanol–water partition coefficient (Wildman–Crippen LogP) is 1.69. The van der Waals surface area contributed by atoms with Crippen molar-refractivity contribution in [1.29, 1.82) is 0 Å². The first kappa shape index (κ1) is 8.09. The van der Waals surface area contributed by atoms with Gasteiger partial charge in [0.05, 0.1) is 5.41 Å². The van der Waals surface area contributed by atoms with Crippen LogP contribution in [0.2, 0.25) is 0 Å². The zero-order valence-electron chi connectivity index (χ0n) is 7.68. The van der Waals surface area contributed by atoms with Crippen molar-refractivity contribution >= 4 is 5.91 Å². The van der Waals surface area contributed by atoms with E-state index in [4.69, 9.17) is 5.73 Å². The van der Waals surface area contributed by atoms with E-state index >= 15 is 0 Å². The number of hydrogen-bond acceptors (Lipinski definition) is 1. The quantitative estimate of drug-likeness (QED) is 0.668. The first-order valence-corrected chi connectivity index (χ1v) is 4.99. The summed E-state index contributed by atoms with van der Waals surface area (Å²) < 4.78 is 0. The van der Waals surface area contributed by atoms with Gasteiger partial charge in [0.2, 0.25) is 5.91 Å². The van der Waals surface area contributed by atoms with E-state index in [2.05, 4.69) is 6.92 Å². The molecule has 2 saturated carbocycles. The Kier molecular flexibility index (Phi) is 1.67. The molecule has 2 nitrogen and oxygen atoms in total. The molecular weight excluding hydrogens is 150 g/mol. The number of carbonyl (C=O) groups excluding carboxylic acids is 1. The SMILES string of the molecule is CC[C@@]1(C(N)=O)CC2CCC1C2. The molecule has 2 aliphatic rings. The summed E-state index contributed by atoms with van der Waals surface area (Å²) in [4.78, 5) is 11.4. The average molecular weight is 167 g/mol. The minimum Gasteiger partial charge on any atom is -0.369 e. The number of primary amides is 1. The average Bonchev–Trinajstić information content (AvgIpc) is 2.62. The summed E-state index contributed by atoms with van der Waals surface area (Å²) in [6.07, 6.45) is 5.85. The summed E-state index contributed by atoms with van der Waals surface area (Å²) in [5, 5.41) is 0. The zero-order valence-corrected chi connectivity index (χ0v) is 7.68. The third kappa shape index (κ3) is 0.838. The van der Waals surface area contributed by atoms with E-state index in [0.717, 1.165) is 18.8 Å². The second-order valence-electron chi connectivity index (χ2n) is 4.45. The van der Waals surface area contributed by atoms with Crippen LogP contribution in [0.3, 0.4) is 0 Å². The van der Waals surface area contributed by atoms with Gasteiger partial charge in [-0.3, -0.25) is 4.79 Å². The third-order valence-electron chi connectivity index (χ3n) is 4.10. The van der Waals surface area contributed by atoms with Gasteiger partial charge in [0, 0.05) is 0 Å². The summed E-state index contributed by atoms with van der Waals surface area (Å²) in [5.41, 5.74) is 5.38. The van der Waals surface area contributed by atoms with Gasteiger partial charge < -0.3 is 5.73 Å². The Morgan fingerprint density at radius 3 is 2.58 bits per heavy atom. The van der Waals surface area contributed by atoms with Crippen molar-refractivity contribution in [3.63, 3.8) is 0 Å². The molecule has 1 amide bonds. The highest BCUT2D eigenvalue weighted by Crippen LogP contribution is 2.57. The molecule has 2 fully saturated rings. The molecule has 0 saturated heterocycles. The van der Waals surface area contributed by atoms with Crippen LogP contribution in [-0.4, -0.2) is 5.91 Å². The number of carbonyl (C=O) groups is 1. The minimum absolute atomic E-state index is 0.0443. The Hall–Kier alpha value is -0.530. The summed E-state index contributed by atoms with van der Waals surface area (Å²) in [7, 11) is 0. The fraction of sp³-hybridized carbons (Fsp3) is 0.900. The predicted molar refractivity (Wildman–Crippen MR) is 47.4 cm³/mol. The summed E-state index contributed by atoms with van der Waals surface area (Å²) in [6.45, 7) is 2.10. The van der Waals surface area contributed by atoms with E-state index in [9.17, 15) is 4.79 Å². The number of hydrogen-bond donors (Lipinski definition) is 1. The molecule has 2 heteroatoms. The molecule has 3 atom stereocenters. The van der Waals surface area contributed by atoms with Crippen molar-refractivity contribution < 1.29 is 4.79 Å². The molecule has 0 heterocycles. The van der Waals surface area contributed by atoms with E-state index in [1.165, 1.54) is 19.3 Å². The monoisotopic (exact) mass is 167 g/mol. The molecule has 2 unspecified atom stereocenters. The van der Waals surface area contributed by atoms with Crippen molar-refractivity contribution in [1.82, 2.24) is 0 Å². The Balaban J connectivity index is 2.25. The molecular formula is C10H17NO. The van der Waals surface area contributed by atoms with E-state index in [1.54, 1.807) is 0 Å². The largest absolute Gasteiger partial charge is 0.369 e. The van der Waals surface area contributed by atoms with Crippen LogP contribution in [0.25, 0.3) is 0 Å². The lowest BCUT2D eigenvalue weighted by molar-refractivity contribution is -0.130. The fourth-order valence-electron chi connectivity index (χ4n) is 3.35. The zero-order chi connectivity index (χ0) is 8.77. The van der Waals surface area contributed by atoms with Gasteiger partial charge in [-0.05, 0) is 37.5 Å². The smallest absolute Gasteiger partial charge is 0.223 e. The van der Waals surface area contributed by atoms with Crippen LogP contribution in [0, 0.1) is 17.3 Å². The second kappa shape index (κ2) is 2.48. The summed E-state index contributed by atoms with van der Waals surface area (Å²) in [5.74, 6) is 1.38. The van der Waals surface area contributed by atoms with Crippen molar-refractivity contribution in [2.24, 2.45) is 23.0 Å². The number of amides is 1. The number of rotatable bonds is 2. The van der Waals surface area contributed by atoms with Crippen molar-refractivity contribution in [2.45, 2.75) is 39.0 Å². The number of nitrogens with two attached hydrogens (primary N) is 1.